The molecule has 0 aromatic heterocycles. The van der Waals surface area contributed by atoms with Gasteiger partial charge in [-0.1, -0.05) is 17.7 Å². The van der Waals surface area contributed by atoms with Crippen molar-refractivity contribution in [2.24, 2.45) is 0 Å². The molecule has 0 unspecified atom stereocenters. The maximum absolute atomic E-state index is 12.4. The zero-order valence-corrected chi connectivity index (χ0v) is 22.1. The van der Waals surface area contributed by atoms with E-state index in [4.69, 9.17) is 21.1 Å². The number of fused-ring (bicyclic) bond motifs is 1. The molecule has 0 spiro atoms. The van der Waals surface area contributed by atoms with Crippen LogP contribution in [0.25, 0.3) is 0 Å². The Morgan fingerprint density at radius 1 is 1.11 bits per heavy atom. The number of para-hydroxylation sites is 1. The number of anilines is 3. The summed E-state index contributed by atoms with van der Waals surface area (Å²) in [7, 11) is -3.34. The summed E-state index contributed by atoms with van der Waals surface area (Å²) in [5.41, 5.74) is 1.83. The van der Waals surface area contributed by atoms with Gasteiger partial charge in [0.15, 0.2) is 15.6 Å². The highest BCUT2D eigenvalue weighted by molar-refractivity contribution is 7.90. The third kappa shape index (κ3) is 5.95. The molecule has 35 heavy (non-hydrogen) atoms. The van der Waals surface area contributed by atoms with E-state index in [-0.39, 0.29) is 17.0 Å². The molecule has 0 saturated carbocycles. The lowest BCUT2D eigenvalue weighted by molar-refractivity contribution is 0.0203. The molecule has 1 saturated heterocycles. The highest BCUT2D eigenvalue weighted by Crippen LogP contribution is 2.42. The monoisotopic (exact) mass is 521 g/mol. The quantitative estimate of drug-likeness (QED) is 0.599. The maximum Gasteiger partial charge on any atom is 0.410 e. The molecule has 1 N–H and O–H groups in total. The molecule has 10 heteroatoms. The van der Waals surface area contributed by atoms with E-state index < -0.39 is 15.4 Å². The molecule has 2 heterocycles. The molecule has 0 radical (unpaired) electrons. The maximum atomic E-state index is 12.4. The molecule has 2 aliphatic heterocycles. The number of nitrogens with zero attached hydrogens (tertiary/aromatic N) is 2. The van der Waals surface area contributed by atoms with E-state index in [2.05, 4.69) is 10.2 Å². The van der Waals surface area contributed by atoms with Crippen LogP contribution >= 0.6 is 11.6 Å². The number of rotatable bonds is 4. The topological polar surface area (TPSA) is 88.2 Å². The van der Waals surface area contributed by atoms with Crippen LogP contribution in [-0.2, 0) is 14.6 Å². The Kier molecular flexibility index (Phi) is 7.11. The number of likely N-dealkylation sites (tertiary alicyclic amines) is 1. The number of carbonyl (C=O) groups is 1. The molecule has 4 rings (SSSR count). The van der Waals surface area contributed by atoms with Gasteiger partial charge in [0, 0.05) is 25.4 Å². The zero-order valence-electron chi connectivity index (χ0n) is 20.5. The minimum absolute atomic E-state index is 0.170. The van der Waals surface area contributed by atoms with Crippen molar-refractivity contribution in [2.75, 3.05) is 42.7 Å². The third-order valence-corrected chi connectivity index (χ3v) is 7.50. The van der Waals surface area contributed by atoms with Crippen LogP contribution in [0.4, 0.5) is 21.9 Å². The van der Waals surface area contributed by atoms with E-state index >= 15 is 0 Å². The fourth-order valence-corrected chi connectivity index (χ4v) is 5.35. The van der Waals surface area contributed by atoms with E-state index in [0.29, 0.717) is 30.4 Å². The van der Waals surface area contributed by atoms with Crippen LogP contribution in [0, 0.1) is 0 Å². The Bertz CT molecular complexity index is 1200. The van der Waals surface area contributed by atoms with Gasteiger partial charge in [0.2, 0.25) is 0 Å². The summed E-state index contributed by atoms with van der Waals surface area (Å²) in [5.74, 6) is 0.733. The summed E-state index contributed by atoms with van der Waals surface area (Å²) < 4.78 is 35.2. The van der Waals surface area contributed by atoms with Crippen molar-refractivity contribution in [2.45, 2.75) is 50.2 Å². The first kappa shape index (κ1) is 25.4. The Labute approximate surface area is 212 Å². The number of ether oxygens (including phenoxy) is 2. The standard InChI is InChI=1S/C25H32ClN3O5S/c1-25(2,3)34-24(30)28-12-10-17(11-13-28)29-14-15-33-23-21(6-5-7-22(23)29)27-20-9-8-18(16-19(20)26)35(4,31)32/h5-9,16-17,27H,10-15H2,1-4H3. The van der Waals surface area contributed by atoms with Crippen LogP contribution in [0.1, 0.15) is 33.6 Å². The Hall–Kier alpha value is -2.65. The van der Waals surface area contributed by atoms with Crippen LogP contribution in [0.15, 0.2) is 41.3 Å². The second-order valence-corrected chi connectivity index (χ2v) is 12.4. The van der Waals surface area contributed by atoms with Crippen LogP contribution in [0.2, 0.25) is 5.02 Å². The van der Waals surface area contributed by atoms with Crippen molar-refractivity contribution in [3.05, 3.63) is 41.4 Å². The van der Waals surface area contributed by atoms with Gasteiger partial charge in [-0.3, -0.25) is 0 Å². The van der Waals surface area contributed by atoms with Crippen molar-refractivity contribution in [1.29, 1.82) is 0 Å². The minimum Gasteiger partial charge on any atom is -0.487 e. The first-order valence-electron chi connectivity index (χ1n) is 11.7. The predicted molar refractivity (Wildman–Crippen MR) is 138 cm³/mol. The molecule has 0 bridgehead atoms. The second-order valence-electron chi connectivity index (χ2n) is 9.93. The third-order valence-electron chi connectivity index (χ3n) is 6.08. The fourth-order valence-electron chi connectivity index (χ4n) is 4.41. The van der Waals surface area contributed by atoms with E-state index in [0.717, 1.165) is 42.8 Å². The van der Waals surface area contributed by atoms with Crippen molar-refractivity contribution in [1.82, 2.24) is 4.90 Å². The van der Waals surface area contributed by atoms with Gasteiger partial charge in [0.1, 0.15) is 12.2 Å². The number of hydrogen-bond acceptors (Lipinski definition) is 7. The largest absolute Gasteiger partial charge is 0.487 e. The number of amides is 1. The first-order valence-corrected chi connectivity index (χ1v) is 14.0. The van der Waals surface area contributed by atoms with Crippen LogP contribution in [-0.4, -0.2) is 63.6 Å². The van der Waals surface area contributed by atoms with Crippen molar-refractivity contribution in [3.8, 4) is 5.75 Å². The second kappa shape index (κ2) is 9.78. The lowest BCUT2D eigenvalue weighted by Gasteiger charge is -2.42. The molecule has 8 nitrogen and oxygen atoms in total. The van der Waals surface area contributed by atoms with Gasteiger partial charge in [-0.2, -0.15) is 0 Å². The summed E-state index contributed by atoms with van der Waals surface area (Å²) >= 11 is 6.38. The molecular weight excluding hydrogens is 490 g/mol. The van der Waals surface area contributed by atoms with E-state index in [9.17, 15) is 13.2 Å². The molecule has 0 atom stereocenters. The average Bonchev–Trinajstić information content (AvgIpc) is 2.78. The number of hydrogen-bond donors (Lipinski definition) is 1. The van der Waals surface area contributed by atoms with E-state index in [1.807, 2.05) is 39.0 Å². The zero-order chi connectivity index (χ0) is 25.4. The number of sulfone groups is 1. The number of halogens is 1. The van der Waals surface area contributed by atoms with Crippen molar-refractivity contribution >= 4 is 44.6 Å². The van der Waals surface area contributed by atoms with Gasteiger partial charge in [-0.05, 0) is 63.9 Å². The SMILES string of the molecule is CC(C)(C)OC(=O)N1CCC(N2CCOc3c(Nc4ccc(S(C)(=O)=O)cc4Cl)cccc32)CC1. The summed E-state index contributed by atoms with van der Waals surface area (Å²) in [6.07, 6.45) is 2.58. The van der Waals surface area contributed by atoms with Gasteiger partial charge in [0.25, 0.3) is 0 Å². The molecular formula is C25H32ClN3O5S. The van der Waals surface area contributed by atoms with Crippen LogP contribution in [0.3, 0.4) is 0 Å². The summed E-state index contributed by atoms with van der Waals surface area (Å²) in [6.45, 7) is 8.22. The number of benzene rings is 2. The number of piperidine rings is 1. The molecule has 2 aliphatic rings. The molecule has 0 aliphatic carbocycles. The lowest BCUT2D eigenvalue weighted by Crippen LogP contribution is -2.50. The highest BCUT2D eigenvalue weighted by Gasteiger charge is 2.32. The van der Waals surface area contributed by atoms with Gasteiger partial charge in [-0.25, -0.2) is 13.2 Å². The first-order chi connectivity index (χ1) is 16.4. The van der Waals surface area contributed by atoms with Crippen LogP contribution in [0.5, 0.6) is 5.75 Å². The number of nitrogens with one attached hydrogen (secondary N) is 1. The van der Waals surface area contributed by atoms with Crippen molar-refractivity contribution < 1.29 is 22.7 Å². The van der Waals surface area contributed by atoms with E-state index in [1.54, 1.807) is 11.0 Å². The Morgan fingerprint density at radius 3 is 2.46 bits per heavy atom. The molecule has 190 valence electrons. The average molecular weight is 522 g/mol. The molecule has 1 amide bonds. The highest BCUT2D eigenvalue weighted by atomic mass is 35.5. The minimum atomic E-state index is -3.34. The summed E-state index contributed by atoms with van der Waals surface area (Å²) in [5, 5.41) is 3.61. The van der Waals surface area contributed by atoms with Gasteiger partial charge >= 0.3 is 6.09 Å². The Balaban J connectivity index is 1.49. The van der Waals surface area contributed by atoms with Gasteiger partial charge in [-0.15, -0.1) is 0 Å². The van der Waals surface area contributed by atoms with E-state index in [1.165, 1.54) is 12.1 Å². The lowest BCUT2D eigenvalue weighted by atomic mass is 10.0. The molecule has 2 aromatic rings. The Morgan fingerprint density at radius 2 is 1.83 bits per heavy atom. The smallest absolute Gasteiger partial charge is 0.410 e. The summed E-state index contributed by atoms with van der Waals surface area (Å²) in [6, 6.07) is 10.8. The van der Waals surface area contributed by atoms with Gasteiger partial charge in [0.05, 0.1) is 33.5 Å². The van der Waals surface area contributed by atoms with Gasteiger partial charge < -0.3 is 24.6 Å². The normalized spacial score (nSPS) is 16.9. The predicted octanol–water partition coefficient (Wildman–Crippen LogP) is 5.09. The number of carbonyl (C=O) groups excluding carboxylic acids is 1. The van der Waals surface area contributed by atoms with Crippen molar-refractivity contribution in [3.63, 3.8) is 0 Å². The molecule has 1 fully saturated rings. The fraction of sp³-hybridized carbons (Fsp3) is 0.480. The van der Waals surface area contributed by atoms with Crippen LogP contribution < -0.4 is 15.0 Å². The summed E-state index contributed by atoms with van der Waals surface area (Å²) in [4.78, 5) is 16.7. The molecule has 2 aromatic carbocycles.